The summed E-state index contributed by atoms with van der Waals surface area (Å²) in [6.07, 6.45) is 4.82. The van der Waals surface area contributed by atoms with Crippen LogP contribution in [0.2, 0.25) is 0 Å². The van der Waals surface area contributed by atoms with Crippen molar-refractivity contribution in [1.29, 1.82) is 0 Å². The zero-order chi connectivity index (χ0) is 14.4. The van der Waals surface area contributed by atoms with E-state index in [9.17, 15) is 4.79 Å². The van der Waals surface area contributed by atoms with Gasteiger partial charge in [0.25, 0.3) is 0 Å². The van der Waals surface area contributed by atoms with Crippen LogP contribution in [0.25, 0.3) is 0 Å². The molecule has 1 rings (SSSR count). The van der Waals surface area contributed by atoms with Crippen molar-refractivity contribution in [3.63, 3.8) is 0 Å². The molecule has 0 saturated heterocycles. The first kappa shape index (κ1) is 16.5. The third-order valence-corrected chi connectivity index (χ3v) is 4.63. The van der Waals surface area contributed by atoms with Gasteiger partial charge in [-0.05, 0) is 43.9 Å². The molecule has 1 aliphatic rings. The van der Waals surface area contributed by atoms with Gasteiger partial charge in [0.2, 0.25) is 5.91 Å². The first-order valence-electron chi connectivity index (χ1n) is 7.99. The molecular weight excluding hydrogens is 236 g/mol. The van der Waals surface area contributed by atoms with Crippen molar-refractivity contribution < 1.29 is 4.79 Å². The summed E-state index contributed by atoms with van der Waals surface area (Å²) in [4.78, 5) is 12.0. The third-order valence-electron chi connectivity index (χ3n) is 4.63. The van der Waals surface area contributed by atoms with Gasteiger partial charge in [-0.1, -0.05) is 34.1 Å². The maximum absolute atomic E-state index is 12.0. The summed E-state index contributed by atoms with van der Waals surface area (Å²) in [6.45, 7) is 11.7. The van der Waals surface area contributed by atoms with Gasteiger partial charge in [-0.3, -0.25) is 4.79 Å². The van der Waals surface area contributed by atoms with E-state index >= 15 is 0 Å². The predicted molar refractivity (Wildman–Crippen MR) is 81.0 cm³/mol. The molecule has 0 aromatic heterocycles. The van der Waals surface area contributed by atoms with Gasteiger partial charge in [-0.15, -0.1) is 0 Å². The molecule has 0 aromatic carbocycles. The molecule has 4 atom stereocenters. The monoisotopic (exact) mass is 268 g/mol. The van der Waals surface area contributed by atoms with E-state index in [-0.39, 0.29) is 11.9 Å². The normalized spacial score (nSPS) is 28.6. The lowest BCUT2D eigenvalue weighted by molar-refractivity contribution is -0.123. The SMILES string of the molecule is CCC1CCC(NC(C)C(=O)NCCC(C)C)C1C. The van der Waals surface area contributed by atoms with Gasteiger partial charge in [0.1, 0.15) is 0 Å². The van der Waals surface area contributed by atoms with E-state index in [0.717, 1.165) is 18.9 Å². The van der Waals surface area contributed by atoms with Crippen molar-refractivity contribution in [2.75, 3.05) is 6.54 Å². The fourth-order valence-electron chi connectivity index (χ4n) is 3.09. The highest BCUT2D eigenvalue weighted by Crippen LogP contribution is 2.33. The summed E-state index contributed by atoms with van der Waals surface area (Å²) in [5, 5.41) is 6.55. The molecule has 112 valence electrons. The Morgan fingerprint density at radius 1 is 1.26 bits per heavy atom. The Hall–Kier alpha value is -0.570. The Morgan fingerprint density at radius 2 is 1.95 bits per heavy atom. The van der Waals surface area contributed by atoms with Crippen molar-refractivity contribution >= 4 is 5.91 Å². The molecule has 19 heavy (non-hydrogen) atoms. The van der Waals surface area contributed by atoms with Crippen LogP contribution in [0.3, 0.4) is 0 Å². The highest BCUT2D eigenvalue weighted by Gasteiger charge is 2.32. The molecular formula is C16H32N2O. The maximum Gasteiger partial charge on any atom is 0.236 e. The van der Waals surface area contributed by atoms with Gasteiger partial charge < -0.3 is 10.6 Å². The fraction of sp³-hybridized carbons (Fsp3) is 0.938. The van der Waals surface area contributed by atoms with Crippen molar-refractivity contribution in [2.24, 2.45) is 17.8 Å². The van der Waals surface area contributed by atoms with Crippen LogP contribution in [-0.2, 0) is 4.79 Å². The van der Waals surface area contributed by atoms with Crippen molar-refractivity contribution in [2.45, 2.75) is 72.4 Å². The average Bonchev–Trinajstić information content (AvgIpc) is 2.69. The molecule has 1 fully saturated rings. The molecule has 0 radical (unpaired) electrons. The lowest BCUT2D eigenvalue weighted by atomic mass is 9.93. The largest absolute Gasteiger partial charge is 0.355 e. The Bertz CT molecular complexity index is 278. The number of carbonyl (C=O) groups excluding carboxylic acids is 1. The Kier molecular flexibility index (Phi) is 6.84. The number of carbonyl (C=O) groups is 1. The molecule has 0 spiro atoms. The minimum atomic E-state index is -0.0739. The molecule has 1 saturated carbocycles. The van der Waals surface area contributed by atoms with E-state index in [1.54, 1.807) is 0 Å². The average molecular weight is 268 g/mol. The topological polar surface area (TPSA) is 41.1 Å². The zero-order valence-electron chi connectivity index (χ0n) is 13.3. The van der Waals surface area contributed by atoms with E-state index in [2.05, 4.69) is 38.3 Å². The first-order chi connectivity index (χ1) is 8.95. The molecule has 1 amide bonds. The first-order valence-corrected chi connectivity index (χ1v) is 7.99. The molecule has 0 heterocycles. The number of hydrogen-bond donors (Lipinski definition) is 2. The van der Waals surface area contributed by atoms with Crippen LogP contribution in [-0.4, -0.2) is 24.5 Å². The quantitative estimate of drug-likeness (QED) is 0.745. The van der Waals surface area contributed by atoms with Crippen molar-refractivity contribution in [3.8, 4) is 0 Å². The van der Waals surface area contributed by atoms with Crippen LogP contribution >= 0.6 is 0 Å². The summed E-state index contributed by atoms with van der Waals surface area (Å²) in [5.74, 6) is 2.31. The lowest BCUT2D eigenvalue weighted by Crippen LogP contribution is -2.48. The zero-order valence-corrected chi connectivity index (χ0v) is 13.3. The fourth-order valence-corrected chi connectivity index (χ4v) is 3.09. The summed E-state index contributed by atoms with van der Waals surface area (Å²) in [6, 6.07) is 0.436. The van der Waals surface area contributed by atoms with Crippen LogP contribution in [0.1, 0.15) is 60.3 Å². The standard InChI is InChI=1S/C16H32N2O/c1-6-14-7-8-15(12(14)4)18-13(5)16(19)17-10-9-11(2)3/h11-15,18H,6-10H2,1-5H3,(H,17,19). The van der Waals surface area contributed by atoms with Gasteiger partial charge in [0, 0.05) is 12.6 Å². The van der Waals surface area contributed by atoms with Crippen LogP contribution in [0.15, 0.2) is 0 Å². The van der Waals surface area contributed by atoms with Gasteiger partial charge in [0.05, 0.1) is 6.04 Å². The van der Waals surface area contributed by atoms with Crippen LogP contribution < -0.4 is 10.6 Å². The molecule has 4 unspecified atom stereocenters. The molecule has 0 bridgehead atoms. The molecule has 3 heteroatoms. The van der Waals surface area contributed by atoms with Gasteiger partial charge >= 0.3 is 0 Å². The predicted octanol–water partition coefficient (Wildman–Crippen LogP) is 2.95. The smallest absolute Gasteiger partial charge is 0.236 e. The van der Waals surface area contributed by atoms with Crippen LogP contribution in [0.5, 0.6) is 0 Å². The number of nitrogens with one attached hydrogen (secondary N) is 2. The number of amides is 1. The third kappa shape index (κ3) is 5.13. The minimum absolute atomic E-state index is 0.0739. The number of hydrogen-bond acceptors (Lipinski definition) is 2. The van der Waals surface area contributed by atoms with Crippen molar-refractivity contribution in [3.05, 3.63) is 0 Å². The Balaban J connectivity index is 2.30. The second kappa shape index (κ2) is 7.88. The highest BCUT2D eigenvalue weighted by molar-refractivity contribution is 5.81. The van der Waals surface area contributed by atoms with E-state index in [1.807, 2.05) is 6.92 Å². The molecule has 2 N–H and O–H groups in total. The second-order valence-electron chi connectivity index (χ2n) is 6.57. The van der Waals surface area contributed by atoms with Crippen molar-refractivity contribution in [1.82, 2.24) is 10.6 Å². The summed E-state index contributed by atoms with van der Waals surface area (Å²) in [7, 11) is 0. The summed E-state index contributed by atoms with van der Waals surface area (Å²) < 4.78 is 0. The summed E-state index contributed by atoms with van der Waals surface area (Å²) in [5.41, 5.74) is 0. The van der Waals surface area contributed by atoms with E-state index < -0.39 is 0 Å². The second-order valence-corrected chi connectivity index (χ2v) is 6.57. The van der Waals surface area contributed by atoms with Gasteiger partial charge in [-0.2, -0.15) is 0 Å². The van der Waals surface area contributed by atoms with Crippen LogP contribution in [0, 0.1) is 17.8 Å². The van der Waals surface area contributed by atoms with E-state index in [4.69, 9.17) is 0 Å². The minimum Gasteiger partial charge on any atom is -0.355 e. The van der Waals surface area contributed by atoms with Gasteiger partial charge in [0.15, 0.2) is 0 Å². The number of rotatable bonds is 7. The van der Waals surface area contributed by atoms with E-state index in [0.29, 0.717) is 17.9 Å². The molecule has 1 aliphatic carbocycles. The molecule has 3 nitrogen and oxygen atoms in total. The Morgan fingerprint density at radius 3 is 2.47 bits per heavy atom. The summed E-state index contributed by atoms with van der Waals surface area (Å²) >= 11 is 0. The maximum atomic E-state index is 12.0. The Labute approximate surface area is 118 Å². The van der Waals surface area contributed by atoms with Crippen LogP contribution in [0.4, 0.5) is 0 Å². The highest BCUT2D eigenvalue weighted by atomic mass is 16.2. The molecule has 0 aromatic rings. The lowest BCUT2D eigenvalue weighted by Gasteiger charge is -2.24. The van der Waals surface area contributed by atoms with Gasteiger partial charge in [-0.25, -0.2) is 0 Å². The van der Waals surface area contributed by atoms with E-state index in [1.165, 1.54) is 19.3 Å². The molecule has 0 aliphatic heterocycles.